The Morgan fingerprint density at radius 3 is 2.21 bits per heavy atom. The highest BCUT2D eigenvalue weighted by Gasteiger charge is 2.24. The van der Waals surface area contributed by atoms with Crippen LogP contribution in [0.1, 0.15) is 41.7 Å². The van der Waals surface area contributed by atoms with E-state index in [1.807, 2.05) is 97.6 Å². The summed E-state index contributed by atoms with van der Waals surface area (Å²) in [5.74, 6) is -0.284. The first kappa shape index (κ1) is 25.1. The minimum atomic E-state index is -0.419. The van der Waals surface area contributed by atoms with Crippen LogP contribution in [0.15, 0.2) is 97.3 Å². The molecule has 3 aromatic carbocycles. The van der Waals surface area contributed by atoms with Gasteiger partial charge in [-0.05, 0) is 49.1 Å². The van der Waals surface area contributed by atoms with Gasteiger partial charge >= 0.3 is 0 Å². The molecule has 3 rings (SSSR count). The van der Waals surface area contributed by atoms with E-state index >= 15 is 4.39 Å². The number of Topliss-reactive ketones (excluding diaryl/α,β-unsaturated/α-hetero) is 1. The summed E-state index contributed by atoms with van der Waals surface area (Å²) < 4.78 is 21.6. The van der Waals surface area contributed by atoms with Crippen molar-refractivity contribution < 1.29 is 13.9 Å². The van der Waals surface area contributed by atoms with Crippen LogP contribution in [0.2, 0.25) is 0 Å². The third-order valence-corrected chi connectivity index (χ3v) is 5.69. The van der Waals surface area contributed by atoms with Crippen LogP contribution >= 0.6 is 0 Å². The lowest BCUT2D eigenvalue weighted by molar-refractivity contribution is -0.116. The maximum absolute atomic E-state index is 15.4. The molecule has 1 unspecified atom stereocenters. The Morgan fingerprint density at radius 2 is 1.59 bits per heavy atom. The van der Waals surface area contributed by atoms with Gasteiger partial charge in [-0.25, -0.2) is 4.39 Å². The van der Waals surface area contributed by atoms with Crippen LogP contribution in [-0.2, 0) is 29.1 Å². The van der Waals surface area contributed by atoms with Crippen molar-refractivity contribution in [2.75, 3.05) is 0 Å². The van der Waals surface area contributed by atoms with E-state index in [0.717, 1.165) is 27.8 Å². The van der Waals surface area contributed by atoms with E-state index in [1.165, 1.54) is 6.08 Å². The third-order valence-electron chi connectivity index (χ3n) is 5.69. The fraction of sp³-hybridized carbons (Fsp3) is 0.233. The molecular weight excluding hydrogens is 425 g/mol. The van der Waals surface area contributed by atoms with Gasteiger partial charge in [0.15, 0.2) is 0 Å². The van der Waals surface area contributed by atoms with Crippen LogP contribution in [-0.4, -0.2) is 16.9 Å². The summed E-state index contributed by atoms with van der Waals surface area (Å²) >= 11 is 0. The van der Waals surface area contributed by atoms with Crippen LogP contribution in [0, 0.1) is 6.92 Å². The summed E-state index contributed by atoms with van der Waals surface area (Å²) in [6, 6.07) is 25.5. The number of halogens is 1. The number of benzene rings is 3. The predicted molar refractivity (Wildman–Crippen MR) is 136 cm³/mol. The van der Waals surface area contributed by atoms with Gasteiger partial charge in [0.1, 0.15) is 17.8 Å². The van der Waals surface area contributed by atoms with Crippen molar-refractivity contribution in [3.05, 3.63) is 125 Å². The molecule has 0 bridgehead atoms. The molecule has 0 N–H and O–H groups in total. The lowest BCUT2D eigenvalue weighted by Crippen LogP contribution is -2.34. The molecular formula is C30H32FNO2. The SMILES string of the molecule is C=C/C(F)=C(/c1ccccc1C)N(Cc1ccc(CC(C)=O)cc1)C(C)OCc1ccccc1. The second-order valence-corrected chi connectivity index (χ2v) is 8.43. The minimum Gasteiger partial charge on any atom is -0.354 e. The van der Waals surface area contributed by atoms with Gasteiger partial charge in [0.2, 0.25) is 0 Å². The normalized spacial score (nSPS) is 12.6. The predicted octanol–water partition coefficient (Wildman–Crippen LogP) is 7.02. The average molecular weight is 458 g/mol. The molecule has 0 saturated carbocycles. The van der Waals surface area contributed by atoms with Crippen LogP contribution in [0.3, 0.4) is 0 Å². The Labute approximate surface area is 202 Å². The van der Waals surface area contributed by atoms with E-state index in [2.05, 4.69) is 6.58 Å². The van der Waals surface area contributed by atoms with Crippen molar-refractivity contribution in [3.63, 3.8) is 0 Å². The molecule has 3 nitrogen and oxygen atoms in total. The molecule has 0 spiro atoms. The van der Waals surface area contributed by atoms with Gasteiger partial charge in [0, 0.05) is 18.5 Å². The van der Waals surface area contributed by atoms with Gasteiger partial charge in [0.05, 0.1) is 12.3 Å². The van der Waals surface area contributed by atoms with Crippen molar-refractivity contribution in [1.29, 1.82) is 0 Å². The number of allylic oxidation sites excluding steroid dienone is 2. The first-order valence-electron chi connectivity index (χ1n) is 11.5. The Kier molecular flexibility index (Phi) is 8.94. The third kappa shape index (κ3) is 6.75. The number of ketones is 1. The Balaban J connectivity index is 1.96. The number of aryl methyl sites for hydroxylation is 1. The monoisotopic (exact) mass is 457 g/mol. The van der Waals surface area contributed by atoms with Crippen molar-refractivity contribution >= 4 is 11.5 Å². The molecule has 3 aromatic rings. The Morgan fingerprint density at radius 1 is 0.971 bits per heavy atom. The first-order chi connectivity index (χ1) is 16.4. The average Bonchev–Trinajstić information content (AvgIpc) is 2.84. The topological polar surface area (TPSA) is 29.5 Å². The summed E-state index contributed by atoms with van der Waals surface area (Å²) in [5, 5.41) is 0. The quantitative estimate of drug-likeness (QED) is 0.229. The lowest BCUT2D eigenvalue weighted by atomic mass is 10.0. The zero-order valence-corrected chi connectivity index (χ0v) is 20.1. The zero-order chi connectivity index (χ0) is 24.5. The van der Waals surface area contributed by atoms with Gasteiger partial charge in [-0.15, -0.1) is 0 Å². The Hall–Kier alpha value is -3.50. The molecule has 0 heterocycles. The Bertz CT molecular complexity index is 1140. The van der Waals surface area contributed by atoms with Crippen molar-refractivity contribution in [2.24, 2.45) is 0 Å². The molecule has 0 aromatic heterocycles. The second-order valence-electron chi connectivity index (χ2n) is 8.43. The van der Waals surface area contributed by atoms with Crippen LogP contribution in [0.25, 0.3) is 5.70 Å². The summed E-state index contributed by atoms with van der Waals surface area (Å²) in [5.41, 5.74) is 5.21. The molecule has 0 amide bonds. The smallest absolute Gasteiger partial charge is 0.146 e. The highest BCUT2D eigenvalue weighted by molar-refractivity contribution is 5.78. The lowest BCUT2D eigenvalue weighted by Gasteiger charge is -2.34. The van der Waals surface area contributed by atoms with Gasteiger partial charge in [0.25, 0.3) is 0 Å². The number of rotatable bonds is 11. The standard InChI is InChI=1S/C30H32FNO2/c1-5-29(31)30(28-14-10-9-11-22(28)2)32(24(4)34-21-27-12-7-6-8-13-27)20-26-17-15-25(16-18-26)19-23(3)33/h5-18,24H,1,19-21H2,2-4H3/b30-29+. The van der Waals surface area contributed by atoms with Crippen LogP contribution in [0.4, 0.5) is 4.39 Å². The van der Waals surface area contributed by atoms with E-state index in [-0.39, 0.29) is 5.78 Å². The fourth-order valence-electron chi connectivity index (χ4n) is 3.87. The van der Waals surface area contributed by atoms with E-state index in [0.29, 0.717) is 25.3 Å². The molecule has 0 aliphatic rings. The molecule has 0 aliphatic heterocycles. The number of nitrogens with zero attached hydrogens (tertiary/aromatic N) is 1. The van der Waals surface area contributed by atoms with E-state index in [1.54, 1.807) is 6.92 Å². The molecule has 0 radical (unpaired) electrons. The van der Waals surface area contributed by atoms with Crippen molar-refractivity contribution in [1.82, 2.24) is 4.90 Å². The number of carbonyl (C=O) groups excluding carboxylic acids is 1. The van der Waals surface area contributed by atoms with Crippen LogP contribution < -0.4 is 0 Å². The van der Waals surface area contributed by atoms with Gasteiger partial charge < -0.3 is 9.64 Å². The van der Waals surface area contributed by atoms with Crippen molar-refractivity contribution in [2.45, 2.75) is 46.6 Å². The minimum absolute atomic E-state index is 0.120. The number of hydrogen-bond acceptors (Lipinski definition) is 3. The number of ether oxygens (including phenoxy) is 1. The van der Waals surface area contributed by atoms with E-state index < -0.39 is 12.1 Å². The largest absolute Gasteiger partial charge is 0.354 e. The van der Waals surface area contributed by atoms with Gasteiger partial charge in [-0.3, -0.25) is 4.79 Å². The van der Waals surface area contributed by atoms with Gasteiger partial charge in [-0.2, -0.15) is 0 Å². The molecule has 0 aliphatic carbocycles. The molecule has 34 heavy (non-hydrogen) atoms. The zero-order valence-electron chi connectivity index (χ0n) is 20.1. The molecule has 4 heteroatoms. The van der Waals surface area contributed by atoms with Crippen molar-refractivity contribution in [3.8, 4) is 0 Å². The summed E-state index contributed by atoms with van der Waals surface area (Å²) in [6.45, 7) is 10.0. The maximum atomic E-state index is 15.4. The summed E-state index contributed by atoms with van der Waals surface area (Å²) in [4.78, 5) is 13.4. The summed E-state index contributed by atoms with van der Waals surface area (Å²) in [7, 11) is 0. The van der Waals surface area contributed by atoms with E-state index in [9.17, 15) is 4.79 Å². The summed E-state index contributed by atoms with van der Waals surface area (Å²) in [6.07, 6.45) is 1.23. The molecule has 0 saturated heterocycles. The maximum Gasteiger partial charge on any atom is 0.146 e. The highest BCUT2D eigenvalue weighted by atomic mass is 19.1. The number of hydrogen-bond donors (Lipinski definition) is 0. The molecule has 1 atom stereocenters. The molecule has 0 fully saturated rings. The number of carbonyl (C=O) groups is 1. The molecule has 176 valence electrons. The van der Waals surface area contributed by atoms with Crippen LogP contribution in [0.5, 0.6) is 0 Å². The highest BCUT2D eigenvalue weighted by Crippen LogP contribution is 2.31. The van der Waals surface area contributed by atoms with E-state index in [4.69, 9.17) is 4.74 Å². The second kappa shape index (κ2) is 12.1. The van der Waals surface area contributed by atoms with Gasteiger partial charge in [-0.1, -0.05) is 85.4 Å². The fourth-order valence-corrected chi connectivity index (χ4v) is 3.87. The first-order valence-corrected chi connectivity index (χ1v) is 11.5.